The van der Waals surface area contributed by atoms with Crippen LogP contribution in [-0.4, -0.2) is 28.0 Å². The largest absolute Gasteiger partial charge is 0.354 e. The third-order valence-corrected chi connectivity index (χ3v) is 3.09. The Hall–Kier alpha value is -1.95. The number of nitrogens with one attached hydrogen (secondary N) is 2. The summed E-state index contributed by atoms with van der Waals surface area (Å²) in [6.07, 6.45) is 0.742. The van der Waals surface area contributed by atoms with Crippen molar-refractivity contribution in [2.75, 3.05) is 23.7 Å². The molecule has 0 aliphatic rings. The van der Waals surface area contributed by atoms with Gasteiger partial charge in [-0.2, -0.15) is 15.0 Å². The van der Waals surface area contributed by atoms with Crippen molar-refractivity contribution < 1.29 is 4.39 Å². The molecule has 2 aromatic rings. The van der Waals surface area contributed by atoms with E-state index in [1.807, 2.05) is 13.8 Å². The summed E-state index contributed by atoms with van der Waals surface area (Å²) in [4.78, 5) is 12.2. The number of aryl methyl sites for hydroxylation is 1. The molecule has 0 aliphatic carbocycles. The van der Waals surface area contributed by atoms with Crippen LogP contribution in [-0.2, 0) is 6.42 Å². The van der Waals surface area contributed by atoms with E-state index < -0.39 is 0 Å². The molecule has 7 heteroatoms. The molecule has 1 heterocycles. The van der Waals surface area contributed by atoms with Crippen LogP contribution in [0.2, 0.25) is 5.28 Å². The van der Waals surface area contributed by atoms with E-state index in [-0.39, 0.29) is 11.1 Å². The van der Waals surface area contributed by atoms with Gasteiger partial charge in [-0.25, -0.2) is 4.39 Å². The number of halogens is 2. The van der Waals surface area contributed by atoms with Crippen molar-refractivity contribution in [1.29, 1.82) is 0 Å². The molecule has 0 saturated carbocycles. The molecular weight excluding hydrogens is 293 g/mol. The van der Waals surface area contributed by atoms with Crippen molar-refractivity contribution in [3.63, 3.8) is 0 Å². The summed E-state index contributed by atoms with van der Waals surface area (Å²) in [5.41, 5.74) is 2.01. The van der Waals surface area contributed by atoms with Gasteiger partial charge >= 0.3 is 0 Å². The quantitative estimate of drug-likeness (QED) is 0.858. The maximum atomic E-state index is 13.0. The van der Waals surface area contributed by atoms with Gasteiger partial charge < -0.3 is 10.6 Å². The highest BCUT2D eigenvalue weighted by Crippen LogP contribution is 2.12. The topological polar surface area (TPSA) is 62.7 Å². The fourth-order valence-corrected chi connectivity index (χ4v) is 2.08. The molecule has 1 aromatic heterocycles. The molecule has 0 bridgehead atoms. The van der Waals surface area contributed by atoms with E-state index in [4.69, 9.17) is 11.6 Å². The first-order valence-electron chi connectivity index (χ1n) is 6.73. The van der Waals surface area contributed by atoms with E-state index >= 15 is 0 Å². The molecule has 0 atom stereocenters. The van der Waals surface area contributed by atoms with Gasteiger partial charge in [-0.15, -0.1) is 0 Å². The zero-order valence-electron chi connectivity index (χ0n) is 12.0. The van der Waals surface area contributed by atoms with Crippen LogP contribution in [0.3, 0.4) is 0 Å². The van der Waals surface area contributed by atoms with Crippen molar-refractivity contribution in [1.82, 2.24) is 15.0 Å². The summed E-state index contributed by atoms with van der Waals surface area (Å²) in [5.74, 6) is 0.646. The lowest BCUT2D eigenvalue weighted by molar-refractivity contribution is 0.625. The van der Waals surface area contributed by atoms with Crippen molar-refractivity contribution in [2.24, 2.45) is 0 Å². The van der Waals surface area contributed by atoms with E-state index in [1.54, 1.807) is 6.07 Å². The smallest absolute Gasteiger partial charge is 0.228 e. The average molecular weight is 310 g/mol. The van der Waals surface area contributed by atoms with E-state index in [0.717, 1.165) is 17.5 Å². The first kappa shape index (κ1) is 15.4. The molecule has 0 spiro atoms. The van der Waals surface area contributed by atoms with Crippen molar-refractivity contribution in [2.45, 2.75) is 20.3 Å². The molecule has 2 N–H and O–H groups in total. The van der Waals surface area contributed by atoms with Crippen LogP contribution in [0.4, 0.5) is 16.3 Å². The molecular formula is C14H17ClFN5. The van der Waals surface area contributed by atoms with Crippen molar-refractivity contribution in [3.05, 3.63) is 40.4 Å². The van der Waals surface area contributed by atoms with Crippen LogP contribution in [0.25, 0.3) is 0 Å². The third kappa shape index (κ3) is 4.53. The number of rotatable bonds is 6. The summed E-state index contributed by atoms with van der Waals surface area (Å²) in [6, 6.07) is 4.78. The van der Waals surface area contributed by atoms with E-state index in [0.29, 0.717) is 25.0 Å². The molecule has 0 saturated heterocycles. The fourth-order valence-electron chi connectivity index (χ4n) is 1.92. The molecule has 112 valence electrons. The molecule has 0 radical (unpaired) electrons. The van der Waals surface area contributed by atoms with Crippen LogP contribution >= 0.6 is 11.6 Å². The van der Waals surface area contributed by atoms with Crippen molar-refractivity contribution >= 4 is 23.5 Å². The van der Waals surface area contributed by atoms with Crippen LogP contribution < -0.4 is 10.6 Å². The highest BCUT2D eigenvalue weighted by Gasteiger charge is 2.05. The minimum absolute atomic E-state index is 0.140. The first-order chi connectivity index (χ1) is 10.1. The number of benzene rings is 1. The Bertz CT molecular complexity index is 620. The zero-order chi connectivity index (χ0) is 15.2. The van der Waals surface area contributed by atoms with E-state index in [2.05, 4.69) is 25.6 Å². The summed E-state index contributed by atoms with van der Waals surface area (Å²) in [5, 5.41) is 6.22. The fraction of sp³-hybridized carbons (Fsp3) is 0.357. The second-order valence-electron chi connectivity index (χ2n) is 4.53. The Balaban J connectivity index is 1.96. The van der Waals surface area contributed by atoms with Crippen LogP contribution in [0, 0.1) is 12.7 Å². The Kier molecular flexibility index (Phi) is 5.27. The average Bonchev–Trinajstić information content (AvgIpc) is 2.41. The summed E-state index contributed by atoms with van der Waals surface area (Å²) < 4.78 is 13.0. The monoisotopic (exact) mass is 309 g/mol. The lowest BCUT2D eigenvalue weighted by Gasteiger charge is -2.09. The molecule has 0 amide bonds. The van der Waals surface area contributed by atoms with E-state index in [9.17, 15) is 4.39 Å². The van der Waals surface area contributed by atoms with Gasteiger partial charge in [-0.05, 0) is 55.1 Å². The van der Waals surface area contributed by atoms with Crippen LogP contribution in [0.15, 0.2) is 18.2 Å². The Morgan fingerprint density at radius 3 is 2.52 bits per heavy atom. The van der Waals surface area contributed by atoms with Gasteiger partial charge in [0.25, 0.3) is 0 Å². The highest BCUT2D eigenvalue weighted by molar-refractivity contribution is 6.28. The molecule has 21 heavy (non-hydrogen) atoms. The van der Waals surface area contributed by atoms with Gasteiger partial charge in [0, 0.05) is 13.1 Å². The number of hydrogen-bond donors (Lipinski definition) is 2. The zero-order valence-corrected chi connectivity index (χ0v) is 12.7. The maximum absolute atomic E-state index is 13.0. The van der Waals surface area contributed by atoms with Gasteiger partial charge in [0.15, 0.2) is 0 Å². The minimum Gasteiger partial charge on any atom is -0.354 e. The predicted molar refractivity (Wildman–Crippen MR) is 82.3 cm³/mol. The van der Waals surface area contributed by atoms with Crippen LogP contribution in [0.5, 0.6) is 0 Å². The highest BCUT2D eigenvalue weighted by atomic mass is 35.5. The van der Waals surface area contributed by atoms with Crippen molar-refractivity contribution in [3.8, 4) is 0 Å². The normalized spacial score (nSPS) is 10.5. The Morgan fingerprint density at radius 1 is 1.14 bits per heavy atom. The SMILES string of the molecule is CCNc1nc(Cl)nc(NCCc2ccc(F)cc2C)n1. The van der Waals surface area contributed by atoms with Gasteiger partial charge in [0.1, 0.15) is 5.82 Å². The predicted octanol–water partition coefficient (Wildman–Crippen LogP) is 3.06. The number of nitrogens with zero attached hydrogens (tertiary/aromatic N) is 3. The summed E-state index contributed by atoms with van der Waals surface area (Å²) in [7, 11) is 0. The van der Waals surface area contributed by atoms with Crippen LogP contribution in [0.1, 0.15) is 18.1 Å². The summed E-state index contributed by atoms with van der Waals surface area (Å²) in [6.45, 7) is 5.16. The minimum atomic E-state index is -0.219. The van der Waals surface area contributed by atoms with Gasteiger partial charge in [0.05, 0.1) is 0 Å². The number of anilines is 2. The molecule has 2 rings (SSSR count). The molecule has 1 aromatic carbocycles. The maximum Gasteiger partial charge on any atom is 0.228 e. The molecule has 5 nitrogen and oxygen atoms in total. The number of hydrogen-bond acceptors (Lipinski definition) is 5. The standard InChI is InChI=1S/C14H17ClFN5/c1-3-17-13-19-12(15)20-14(21-13)18-7-6-10-4-5-11(16)8-9(10)2/h4-5,8H,3,6-7H2,1-2H3,(H2,17,18,19,20,21). The van der Waals surface area contributed by atoms with Gasteiger partial charge in [-0.3, -0.25) is 0 Å². The molecule has 0 aliphatic heterocycles. The van der Waals surface area contributed by atoms with Gasteiger partial charge in [0.2, 0.25) is 17.2 Å². The van der Waals surface area contributed by atoms with Gasteiger partial charge in [-0.1, -0.05) is 6.07 Å². The number of aromatic nitrogens is 3. The second kappa shape index (κ2) is 7.17. The second-order valence-corrected chi connectivity index (χ2v) is 4.87. The third-order valence-electron chi connectivity index (χ3n) is 2.93. The summed E-state index contributed by atoms with van der Waals surface area (Å²) >= 11 is 5.84. The lowest BCUT2D eigenvalue weighted by atomic mass is 10.1. The lowest BCUT2D eigenvalue weighted by Crippen LogP contribution is -2.11. The van der Waals surface area contributed by atoms with E-state index in [1.165, 1.54) is 12.1 Å². The first-order valence-corrected chi connectivity index (χ1v) is 7.10. The molecule has 0 unspecified atom stereocenters. The molecule has 0 fully saturated rings. The Labute approximate surface area is 128 Å². The Morgan fingerprint density at radius 2 is 1.86 bits per heavy atom.